The van der Waals surface area contributed by atoms with Gasteiger partial charge in [0, 0.05) is 33.2 Å². The molecule has 0 saturated heterocycles. The van der Waals surface area contributed by atoms with Crippen molar-refractivity contribution < 1.29 is 19.1 Å². The summed E-state index contributed by atoms with van der Waals surface area (Å²) in [7, 11) is 1.80. The number of hydrogen-bond donors (Lipinski definition) is 0. The predicted octanol–water partition coefficient (Wildman–Crippen LogP) is 18.8. The predicted molar refractivity (Wildman–Crippen MR) is 282 cm³/mol. The van der Waals surface area contributed by atoms with Crippen molar-refractivity contribution in [3.05, 3.63) is 90.0 Å². The summed E-state index contributed by atoms with van der Waals surface area (Å²) in [5.41, 5.74) is 6.02. The van der Waals surface area contributed by atoms with Gasteiger partial charge in [0.25, 0.3) is 0 Å². The molecule has 0 aliphatic carbocycles. The molecule has 2 heterocycles. The van der Waals surface area contributed by atoms with Gasteiger partial charge in [-0.05, 0) is 91.3 Å². The molecule has 0 amide bonds. The van der Waals surface area contributed by atoms with E-state index in [2.05, 4.69) is 127 Å². The molecule has 64 heavy (non-hydrogen) atoms. The van der Waals surface area contributed by atoms with Crippen LogP contribution >= 0.6 is 22.7 Å². The van der Waals surface area contributed by atoms with Crippen LogP contribution in [0.1, 0.15) is 194 Å². The normalized spacial score (nSPS) is 13.9. The maximum atomic E-state index is 13.3. The summed E-state index contributed by atoms with van der Waals surface area (Å²) < 4.78 is 17.2. The van der Waals surface area contributed by atoms with Crippen molar-refractivity contribution in [2.24, 2.45) is 11.8 Å². The zero-order valence-electron chi connectivity index (χ0n) is 41.0. The number of rotatable bonds is 29. The van der Waals surface area contributed by atoms with Crippen molar-refractivity contribution in [1.82, 2.24) is 0 Å². The summed E-state index contributed by atoms with van der Waals surface area (Å²) in [5, 5.41) is 2.67. The summed E-state index contributed by atoms with van der Waals surface area (Å²) in [6.07, 6.45) is 30.4. The smallest absolute Gasteiger partial charge is 0.309 e. The minimum Gasteiger partial charge on any atom is -0.457 e. The van der Waals surface area contributed by atoms with E-state index < -0.39 is 0 Å². The number of allylic oxidation sites excluding steroid dienone is 3. The molecule has 4 nitrogen and oxygen atoms in total. The quantitative estimate of drug-likeness (QED) is 0.0208. The Labute approximate surface area is 396 Å². The van der Waals surface area contributed by atoms with Gasteiger partial charge >= 0.3 is 5.97 Å². The molecule has 4 unspecified atom stereocenters. The van der Waals surface area contributed by atoms with Crippen LogP contribution < -0.4 is 0 Å². The van der Waals surface area contributed by atoms with E-state index in [1.54, 1.807) is 7.11 Å². The molecule has 0 bridgehead atoms. The lowest BCUT2D eigenvalue weighted by Gasteiger charge is -2.22. The first-order valence-corrected chi connectivity index (χ1v) is 27.0. The third kappa shape index (κ3) is 16.1. The number of unbranched alkanes of at least 4 members (excludes halogenated alkanes) is 8. The molecule has 0 saturated carbocycles. The summed E-state index contributed by atoms with van der Waals surface area (Å²) in [6, 6.07) is 22.5. The fourth-order valence-corrected chi connectivity index (χ4v) is 11.4. The topological polar surface area (TPSA) is 52.6 Å². The van der Waals surface area contributed by atoms with E-state index in [1.165, 1.54) is 110 Å². The monoisotopic (exact) mass is 907 g/mol. The third-order valence-electron chi connectivity index (χ3n) is 12.8. The summed E-state index contributed by atoms with van der Waals surface area (Å²) >= 11 is 3.81. The number of benzene rings is 3. The molecule has 5 aromatic rings. The van der Waals surface area contributed by atoms with E-state index in [1.807, 2.05) is 22.7 Å². The first kappa shape index (κ1) is 53.0. The van der Waals surface area contributed by atoms with Crippen molar-refractivity contribution in [1.29, 1.82) is 0 Å². The minimum atomic E-state index is -0.208. The highest BCUT2D eigenvalue weighted by molar-refractivity contribution is 7.36. The van der Waals surface area contributed by atoms with Gasteiger partial charge in [0.05, 0.1) is 21.4 Å². The average Bonchev–Trinajstić information content (AvgIpc) is 3.86. The maximum absolute atomic E-state index is 13.3. The lowest BCUT2D eigenvalue weighted by atomic mass is 9.95. The van der Waals surface area contributed by atoms with Crippen molar-refractivity contribution in [3.63, 3.8) is 0 Å². The van der Waals surface area contributed by atoms with Gasteiger partial charge in [-0.15, -0.1) is 22.7 Å². The van der Waals surface area contributed by atoms with Gasteiger partial charge in [-0.2, -0.15) is 0 Å². The van der Waals surface area contributed by atoms with Gasteiger partial charge < -0.3 is 14.3 Å². The highest BCUT2D eigenvalue weighted by Gasteiger charge is 2.23. The SMILES string of the molecule is CC/C=C(\C=C/CC(CC)OC)c1ccc2c(c1)sc1c3ccc(-c4ccc(C(CC)OC(=O)C(CCCC)CCCCCC)cc4)cc3sc21.CCCCCCC(C=O)CCCC. The molecule has 350 valence electrons. The van der Waals surface area contributed by atoms with Gasteiger partial charge in [0.2, 0.25) is 0 Å². The fraction of sp³-hybridized carbons (Fsp3) is 0.552. The molecule has 0 fully saturated rings. The van der Waals surface area contributed by atoms with E-state index in [4.69, 9.17) is 9.47 Å². The van der Waals surface area contributed by atoms with E-state index in [-0.39, 0.29) is 24.1 Å². The van der Waals surface area contributed by atoms with E-state index in [0.717, 1.165) is 82.5 Å². The van der Waals surface area contributed by atoms with E-state index in [0.29, 0.717) is 5.92 Å². The van der Waals surface area contributed by atoms with Crippen LogP contribution in [-0.2, 0) is 19.1 Å². The lowest BCUT2D eigenvalue weighted by molar-refractivity contribution is -0.155. The summed E-state index contributed by atoms with van der Waals surface area (Å²) in [5.74, 6) is 0.344. The molecule has 2 aromatic heterocycles. The largest absolute Gasteiger partial charge is 0.457 e. The van der Waals surface area contributed by atoms with Crippen molar-refractivity contribution in [3.8, 4) is 11.1 Å². The van der Waals surface area contributed by atoms with Gasteiger partial charge in [0.1, 0.15) is 12.4 Å². The van der Waals surface area contributed by atoms with Gasteiger partial charge in [0.15, 0.2) is 0 Å². The highest BCUT2D eigenvalue weighted by Crippen LogP contribution is 2.46. The Morgan fingerprint density at radius 1 is 0.641 bits per heavy atom. The molecule has 0 radical (unpaired) electrons. The average molecular weight is 907 g/mol. The van der Waals surface area contributed by atoms with Crippen LogP contribution in [0.4, 0.5) is 0 Å². The molecule has 5 rings (SSSR count). The number of carbonyl (C=O) groups is 2. The molecule has 6 heteroatoms. The highest BCUT2D eigenvalue weighted by atomic mass is 32.1. The Hall–Kier alpha value is -3.58. The molecule has 0 N–H and O–H groups in total. The van der Waals surface area contributed by atoms with Crippen molar-refractivity contribution >= 4 is 70.1 Å². The Morgan fingerprint density at radius 3 is 1.81 bits per heavy atom. The number of ether oxygens (including phenoxy) is 2. The number of aldehydes is 1. The second kappa shape index (κ2) is 29.9. The molecular formula is C58H82O4S2. The molecular weight excluding hydrogens is 825 g/mol. The van der Waals surface area contributed by atoms with Crippen LogP contribution in [0.3, 0.4) is 0 Å². The Balaban J connectivity index is 0.000000598. The van der Waals surface area contributed by atoms with Crippen molar-refractivity contribution in [2.75, 3.05) is 7.11 Å². The number of fused-ring (bicyclic) bond motifs is 5. The van der Waals surface area contributed by atoms with Crippen LogP contribution in [0.2, 0.25) is 0 Å². The molecule has 0 aliphatic heterocycles. The second-order valence-corrected chi connectivity index (χ2v) is 19.9. The maximum Gasteiger partial charge on any atom is 0.309 e. The first-order valence-electron chi connectivity index (χ1n) is 25.3. The van der Waals surface area contributed by atoms with Gasteiger partial charge in [-0.25, -0.2) is 0 Å². The molecule has 3 aromatic carbocycles. The zero-order valence-corrected chi connectivity index (χ0v) is 42.6. The van der Waals surface area contributed by atoms with Crippen LogP contribution in [0.25, 0.3) is 46.3 Å². The Bertz CT molecular complexity index is 2150. The fourth-order valence-electron chi connectivity index (χ4n) is 8.64. The number of thiophene rings is 2. The zero-order chi connectivity index (χ0) is 46.1. The van der Waals surface area contributed by atoms with Crippen LogP contribution in [0, 0.1) is 11.8 Å². The van der Waals surface area contributed by atoms with Crippen molar-refractivity contribution in [2.45, 2.75) is 189 Å². The lowest BCUT2D eigenvalue weighted by Crippen LogP contribution is -2.20. The first-order chi connectivity index (χ1) is 31.3. The van der Waals surface area contributed by atoms with E-state index >= 15 is 0 Å². The number of esters is 1. The molecule has 0 spiro atoms. The standard InChI is InChI=1S/C46H58O3S2.C12H24O/c1-7-12-14-15-19-35(18-13-8-2)46(47)49-41(11-5)34-24-22-33(23-25-34)37-27-29-40-43(31-37)51-44-39-28-26-36(30-42(39)50-45(40)44)32(17-9-3)20-16-21-38(10-4)48-6;1-3-5-7-8-10-12(11-13)9-6-4-2/h16-17,20,22-31,35,38,41H,7-15,18-19,21H2,1-6H3;11-12H,3-10H2,1-2H3/b20-16-,32-17+;. The van der Waals surface area contributed by atoms with Gasteiger partial charge in [-0.3, -0.25) is 4.79 Å². The van der Waals surface area contributed by atoms with Crippen LogP contribution in [-0.4, -0.2) is 25.5 Å². The van der Waals surface area contributed by atoms with Crippen LogP contribution in [0.5, 0.6) is 0 Å². The van der Waals surface area contributed by atoms with E-state index in [9.17, 15) is 9.59 Å². The Morgan fingerprint density at radius 2 is 1.22 bits per heavy atom. The Kier molecular flexibility index (Phi) is 24.7. The molecule has 0 aliphatic rings. The molecule has 4 atom stereocenters. The summed E-state index contributed by atoms with van der Waals surface area (Å²) in [4.78, 5) is 24.0. The second-order valence-electron chi connectivity index (χ2n) is 17.8. The van der Waals surface area contributed by atoms with Crippen LogP contribution in [0.15, 0.2) is 78.9 Å². The third-order valence-corrected chi connectivity index (χ3v) is 15.3. The number of hydrogen-bond acceptors (Lipinski definition) is 6. The number of carbonyl (C=O) groups excluding carboxylic acids is 2. The van der Waals surface area contributed by atoms with Gasteiger partial charge in [-0.1, -0.05) is 192 Å². The number of methoxy groups -OCH3 is 1. The summed E-state index contributed by atoms with van der Waals surface area (Å²) in [6.45, 7) is 15.3. The minimum absolute atomic E-state index is 0.0130.